The Balaban J connectivity index is 3.10. The first-order valence-corrected chi connectivity index (χ1v) is 5.41. The third-order valence-corrected chi connectivity index (χ3v) is 2.29. The number of nitrogens with two attached hydrogens (primary N) is 2. The van der Waals surface area contributed by atoms with Crippen LogP contribution in [0.4, 0.5) is 14.5 Å². The van der Waals surface area contributed by atoms with Crippen molar-refractivity contribution < 1.29 is 18.3 Å². The van der Waals surface area contributed by atoms with Gasteiger partial charge in [-0.25, -0.2) is 8.78 Å². The van der Waals surface area contributed by atoms with E-state index in [1.807, 2.05) is 0 Å². The molecule has 0 aromatic carbocycles. The van der Waals surface area contributed by atoms with Crippen molar-refractivity contribution >= 4 is 11.7 Å². The summed E-state index contributed by atoms with van der Waals surface area (Å²) in [5, 5.41) is 0. The lowest BCUT2D eigenvalue weighted by atomic mass is 10.1. The summed E-state index contributed by atoms with van der Waals surface area (Å²) in [6, 6.07) is 1.11. The van der Waals surface area contributed by atoms with Gasteiger partial charge in [0.1, 0.15) is 0 Å². The van der Waals surface area contributed by atoms with Gasteiger partial charge in [-0.15, -0.1) is 0 Å². The van der Waals surface area contributed by atoms with E-state index in [0.29, 0.717) is 5.69 Å². The monoisotopic (exact) mass is 259 g/mol. The van der Waals surface area contributed by atoms with E-state index in [9.17, 15) is 13.6 Å². The summed E-state index contributed by atoms with van der Waals surface area (Å²) in [6.45, 7) is 1.83. The number of hydrogen-bond acceptors (Lipinski definition) is 5. The third kappa shape index (κ3) is 3.36. The summed E-state index contributed by atoms with van der Waals surface area (Å²) < 4.78 is 30.3. The molecular formula is C11H15F2N3O2. The number of nitrogen functional groups attached to an aromatic ring is 1. The lowest BCUT2D eigenvalue weighted by Gasteiger charge is -2.11. The molecule has 1 heterocycles. The van der Waals surface area contributed by atoms with Crippen molar-refractivity contribution in [3.05, 3.63) is 23.0 Å². The number of alkyl halides is 2. The number of ether oxygens (including phenoxy) is 1. The highest BCUT2D eigenvalue weighted by Crippen LogP contribution is 2.26. The summed E-state index contributed by atoms with van der Waals surface area (Å²) >= 11 is 0. The Kier molecular flexibility index (Phi) is 4.96. The summed E-state index contributed by atoms with van der Waals surface area (Å²) in [5.41, 5.74) is 10.9. The van der Waals surface area contributed by atoms with Crippen LogP contribution in [-0.2, 0) is 22.5 Å². The summed E-state index contributed by atoms with van der Waals surface area (Å²) in [6.07, 6.45) is -3.07. The molecule has 1 aromatic rings. The van der Waals surface area contributed by atoms with Gasteiger partial charge >= 0.3 is 5.97 Å². The second-order valence-electron chi connectivity index (χ2n) is 3.55. The number of halogens is 2. The van der Waals surface area contributed by atoms with Crippen LogP contribution < -0.4 is 11.5 Å². The Morgan fingerprint density at radius 3 is 2.67 bits per heavy atom. The van der Waals surface area contributed by atoms with E-state index in [0.717, 1.165) is 6.07 Å². The summed E-state index contributed by atoms with van der Waals surface area (Å²) in [4.78, 5) is 15.2. The van der Waals surface area contributed by atoms with Gasteiger partial charge in [-0.2, -0.15) is 0 Å². The van der Waals surface area contributed by atoms with Crippen molar-refractivity contribution in [2.75, 3.05) is 12.3 Å². The normalized spacial score (nSPS) is 10.7. The molecule has 100 valence electrons. The first kappa shape index (κ1) is 14.3. The topological polar surface area (TPSA) is 91.2 Å². The zero-order valence-corrected chi connectivity index (χ0v) is 9.95. The molecule has 0 unspecified atom stereocenters. The molecule has 0 spiro atoms. The Morgan fingerprint density at radius 1 is 1.50 bits per heavy atom. The van der Waals surface area contributed by atoms with Crippen molar-refractivity contribution in [2.45, 2.75) is 26.3 Å². The zero-order chi connectivity index (χ0) is 13.7. The predicted molar refractivity (Wildman–Crippen MR) is 61.8 cm³/mol. The first-order chi connectivity index (χ1) is 8.49. The quantitative estimate of drug-likeness (QED) is 0.774. The molecule has 5 nitrogen and oxygen atoms in total. The van der Waals surface area contributed by atoms with Crippen LogP contribution in [-0.4, -0.2) is 17.6 Å². The molecule has 1 aromatic heterocycles. The number of anilines is 1. The van der Waals surface area contributed by atoms with Gasteiger partial charge < -0.3 is 16.2 Å². The molecule has 7 heteroatoms. The van der Waals surface area contributed by atoms with Gasteiger partial charge in [-0.3, -0.25) is 9.78 Å². The van der Waals surface area contributed by atoms with Crippen molar-refractivity contribution in [3.8, 4) is 0 Å². The van der Waals surface area contributed by atoms with E-state index in [1.54, 1.807) is 6.92 Å². The number of pyridine rings is 1. The van der Waals surface area contributed by atoms with Crippen molar-refractivity contribution in [3.63, 3.8) is 0 Å². The standard InChI is InChI=1S/C11H15F2N3O2/c1-2-18-10(17)4-8-6(11(12)13)3-7(15)9(5-14)16-8/h3,11H,2,4-5,14-15H2,1H3. The van der Waals surface area contributed by atoms with Crippen LogP contribution in [0.2, 0.25) is 0 Å². The molecule has 1 rings (SSSR count). The number of carbonyl (C=O) groups excluding carboxylic acids is 1. The molecule has 18 heavy (non-hydrogen) atoms. The van der Waals surface area contributed by atoms with Crippen molar-refractivity contribution in [2.24, 2.45) is 5.73 Å². The van der Waals surface area contributed by atoms with Crippen LogP contribution in [0.15, 0.2) is 6.07 Å². The molecule has 0 fully saturated rings. The minimum Gasteiger partial charge on any atom is -0.466 e. The number of carbonyl (C=O) groups is 1. The Hall–Kier alpha value is -1.76. The smallest absolute Gasteiger partial charge is 0.311 e. The van der Waals surface area contributed by atoms with Crippen molar-refractivity contribution in [1.82, 2.24) is 4.98 Å². The van der Waals surface area contributed by atoms with Crippen LogP contribution in [0.5, 0.6) is 0 Å². The molecule has 0 aliphatic heterocycles. The minimum atomic E-state index is -2.75. The molecular weight excluding hydrogens is 244 g/mol. The Labute approximate surface area is 103 Å². The van der Waals surface area contributed by atoms with Crippen LogP contribution in [0.1, 0.15) is 30.3 Å². The highest BCUT2D eigenvalue weighted by atomic mass is 19.3. The van der Waals surface area contributed by atoms with E-state index in [-0.39, 0.29) is 36.5 Å². The van der Waals surface area contributed by atoms with Crippen LogP contribution in [0.25, 0.3) is 0 Å². The molecule has 0 amide bonds. The summed E-state index contributed by atoms with van der Waals surface area (Å²) in [7, 11) is 0. The van der Waals surface area contributed by atoms with Crippen LogP contribution in [0, 0.1) is 0 Å². The number of nitrogens with zero attached hydrogens (tertiary/aromatic N) is 1. The molecule has 0 atom stereocenters. The highest BCUT2D eigenvalue weighted by molar-refractivity contribution is 5.72. The average Bonchev–Trinajstić information content (AvgIpc) is 2.30. The molecule has 0 saturated heterocycles. The second kappa shape index (κ2) is 6.25. The Bertz CT molecular complexity index is 439. The number of esters is 1. The zero-order valence-electron chi connectivity index (χ0n) is 9.95. The first-order valence-electron chi connectivity index (χ1n) is 5.41. The molecule has 0 radical (unpaired) electrons. The maximum atomic E-state index is 12.8. The van der Waals surface area contributed by atoms with Gasteiger partial charge in [0.05, 0.1) is 30.1 Å². The average molecular weight is 259 g/mol. The lowest BCUT2D eigenvalue weighted by molar-refractivity contribution is -0.142. The van der Waals surface area contributed by atoms with Crippen LogP contribution >= 0.6 is 0 Å². The van der Waals surface area contributed by atoms with Gasteiger partial charge in [0.2, 0.25) is 0 Å². The molecule has 0 aliphatic rings. The Morgan fingerprint density at radius 2 is 2.17 bits per heavy atom. The van der Waals surface area contributed by atoms with Gasteiger partial charge in [0.25, 0.3) is 6.43 Å². The SMILES string of the molecule is CCOC(=O)Cc1nc(CN)c(N)cc1C(F)F. The van der Waals surface area contributed by atoms with Crippen LogP contribution in [0.3, 0.4) is 0 Å². The second-order valence-corrected chi connectivity index (χ2v) is 3.55. The molecule has 0 bridgehead atoms. The van der Waals surface area contributed by atoms with Crippen molar-refractivity contribution in [1.29, 1.82) is 0 Å². The number of rotatable bonds is 5. The predicted octanol–water partition coefficient (Wildman–Crippen LogP) is 1.17. The van der Waals surface area contributed by atoms with Gasteiger partial charge in [-0.1, -0.05) is 0 Å². The highest BCUT2D eigenvalue weighted by Gasteiger charge is 2.19. The van der Waals surface area contributed by atoms with E-state index >= 15 is 0 Å². The summed E-state index contributed by atoms with van der Waals surface area (Å²) in [5.74, 6) is -0.611. The van der Waals surface area contributed by atoms with E-state index in [4.69, 9.17) is 16.2 Å². The molecule has 0 aliphatic carbocycles. The number of aromatic nitrogens is 1. The van der Waals surface area contributed by atoms with Gasteiger partial charge in [0.15, 0.2) is 0 Å². The maximum absolute atomic E-state index is 12.8. The third-order valence-electron chi connectivity index (χ3n) is 2.29. The van der Waals surface area contributed by atoms with Gasteiger partial charge in [-0.05, 0) is 13.0 Å². The lowest BCUT2D eigenvalue weighted by Crippen LogP contribution is -2.14. The fourth-order valence-electron chi connectivity index (χ4n) is 1.47. The largest absolute Gasteiger partial charge is 0.466 e. The number of hydrogen-bond donors (Lipinski definition) is 2. The van der Waals surface area contributed by atoms with E-state index in [1.165, 1.54) is 0 Å². The van der Waals surface area contributed by atoms with E-state index < -0.39 is 12.4 Å². The fourth-order valence-corrected chi connectivity index (χ4v) is 1.47. The van der Waals surface area contributed by atoms with Gasteiger partial charge in [0, 0.05) is 12.1 Å². The fraction of sp³-hybridized carbons (Fsp3) is 0.455. The minimum absolute atomic E-state index is 0.0190. The maximum Gasteiger partial charge on any atom is 0.311 e. The van der Waals surface area contributed by atoms with E-state index in [2.05, 4.69) is 4.98 Å². The molecule has 0 saturated carbocycles. The molecule has 4 N–H and O–H groups in total.